The third-order valence-corrected chi connectivity index (χ3v) is 4.09. The molecule has 0 spiro atoms. The van der Waals surface area contributed by atoms with Crippen molar-refractivity contribution in [3.63, 3.8) is 0 Å². The molecule has 142 valence electrons. The molecule has 0 saturated heterocycles. The molecule has 7 heteroatoms. The standard InChI is InChI=1S/C21H16ClFN2O3/c22-15-8-2-4-10-17(15)25-21(27)14-7-1-6-12-19(14)28-13-20(26)24-18-11-5-3-9-16(18)23/h1-12H,13H2,(H,24,26)(H,25,27). The Kier molecular flexibility index (Phi) is 6.24. The number of para-hydroxylation sites is 3. The van der Waals surface area contributed by atoms with Gasteiger partial charge in [0.15, 0.2) is 6.61 Å². The van der Waals surface area contributed by atoms with E-state index in [4.69, 9.17) is 16.3 Å². The van der Waals surface area contributed by atoms with E-state index in [2.05, 4.69) is 10.6 Å². The average molecular weight is 399 g/mol. The van der Waals surface area contributed by atoms with Gasteiger partial charge in [-0.2, -0.15) is 0 Å². The fourth-order valence-electron chi connectivity index (χ4n) is 2.42. The third-order valence-electron chi connectivity index (χ3n) is 3.76. The molecule has 0 radical (unpaired) electrons. The van der Waals surface area contributed by atoms with Crippen molar-refractivity contribution in [2.75, 3.05) is 17.2 Å². The summed E-state index contributed by atoms with van der Waals surface area (Å²) in [6.07, 6.45) is 0. The number of amides is 2. The molecule has 0 aliphatic heterocycles. The fourth-order valence-corrected chi connectivity index (χ4v) is 2.61. The van der Waals surface area contributed by atoms with Gasteiger partial charge >= 0.3 is 0 Å². The number of carbonyl (C=O) groups excluding carboxylic acids is 2. The van der Waals surface area contributed by atoms with Gasteiger partial charge in [-0.25, -0.2) is 4.39 Å². The third kappa shape index (κ3) is 4.86. The summed E-state index contributed by atoms with van der Waals surface area (Å²) in [4.78, 5) is 24.6. The van der Waals surface area contributed by atoms with Gasteiger partial charge in [-0.3, -0.25) is 9.59 Å². The molecule has 2 N–H and O–H groups in total. The van der Waals surface area contributed by atoms with Crippen LogP contribution in [0.4, 0.5) is 15.8 Å². The molecule has 0 saturated carbocycles. The first-order valence-corrected chi connectivity index (χ1v) is 8.74. The lowest BCUT2D eigenvalue weighted by atomic mass is 10.2. The number of halogens is 2. The van der Waals surface area contributed by atoms with Crippen molar-refractivity contribution >= 4 is 34.8 Å². The molecule has 3 rings (SSSR count). The van der Waals surface area contributed by atoms with Crippen LogP contribution < -0.4 is 15.4 Å². The van der Waals surface area contributed by atoms with Gasteiger partial charge in [0.2, 0.25) is 0 Å². The van der Waals surface area contributed by atoms with Gasteiger partial charge in [-0.15, -0.1) is 0 Å². The quantitative estimate of drug-likeness (QED) is 0.629. The van der Waals surface area contributed by atoms with Crippen LogP contribution in [0.3, 0.4) is 0 Å². The van der Waals surface area contributed by atoms with E-state index in [1.54, 1.807) is 54.6 Å². The molecular weight excluding hydrogens is 383 g/mol. The minimum Gasteiger partial charge on any atom is -0.483 e. The van der Waals surface area contributed by atoms with E-state index >= 15 is 0 Å². The SMILES string of the molecule is O=C(COc1ccccc1C(=O)Nc1ccccc1Cl)Nc1ccccc1F. The second kappa shape index (κ2) is 9.01. The predicted molar refractivity (Wildman–Crippen MR) is 106 cm³/mol. The zero-order valence-corrected chi connectivity index (χ0v) is 15.4. The van der Waals surface area contributed by atoms with E-state index in [1.807, 2.05) is 0 Å². The number of ether oxygens (including phenoxy) is 1. The van der Waals surface area contributed by atoms with Gasteiger partial charge in [0.05, 0.1) is 22.0 Å². The molecule has 3 aromatic carbocycles. The van der Waals surface area contributed by atoms with Gasteiger partial charge in [0.1, 0.15) is 11.6 Å². The second-order valence-corrected chi connectivity index (χ2v) is 6.15. The summed E-state index contributed by atoms with van der Waals surface area (Å²) in [6, 6.07) is 19.1. The first kappa shape index (κ1) is 19.4. The molecule has 2 amide bonds. The van der Waals surface area contributed by atoms with Crippen LogP contribution in [-0.4, -0.2) is 18.4 Å². The number of anilines is 2. The van der Waals surface area contributed by atoms with E-state index in [-0.39, 0.29) is 23.6 Å². The summed E-state index contributed by atoms with van der Waals surface area (Å²) in [5, 5.41) is 5.52. The monoisotopic (exact) mass is 398 g/mol. The summed E-state index contributed by atoms with van der Waals surface area (Å²) < 4.78 is 19.1. The first-order valence-electron chi connectivity index (χ1n) is 8.36. The highest BCUT2D eigenvalue weighted by atomic mass is 35.5. The number of rotatable bonds is 6. The van der Waals surface area contributed by atoms with Crippen molar-refractivity contribution in [3.8, 4) is 5.75 Å². The van der Waals surface area contributed by atoms with Gasteiger partial charge < -0.3 is 15.4 Å². The van der Waals surface area contributed by atoms with Crippen molar-refractivity contribution in [3.05, 3.63) is 89.2 Å². The molecular formula is C21H16ClFN2O3. The topological polar surface area (TPSA) is 67.4 Å². The lowest BCUT2D eigenvalue weighted by Crippen LogP contribution is -2.22. The normalized spacial score (nSPS) is 10.2. The Bertz CT molecular complexity index is 1010. The molecule has 0 fully saturated rings. The van der Waals surface area contributed by atoms with E-state index in [0.29, 0.717) is 10.7 Å². The molecule has 0 aliphatic rings. The maximum atomic E-state index is 13.6. The number of carbonyl (C=O) groups is 2. The van der Waals surface area contributed by atoms with E-state index < -0.39 is 17.6 Å². The number of hydrogen-bond donors (Lipinski definition) is 2. The maximum Gasteiger partial charge on any atom is 0.262 e. The Balaban J connectivity index is 1.67. The Hall–Kier alpha value is -3.38. The van der Waals surface area contributed by atoms with Crippen molar-refractivity contribution < 1.29 is 18.7 Å². The van der Waals surface area contributed by atoms with Crippen LogP contribution in [0.15, 0.2) is 72.8 Å². The average Bonchev–Trinajstić information content (AvgIpc) is 2.70. The molecule has 5 nitrogen and oxygen atoms in total. The van der Waals surface area contributed by atoms with E-state index in [1.165, 1.54) is 18.2 Å². The first-order chi connectivity index (χ1) is 13.5. The molecule has 0 bridgehead atoms. The van der Waals surface area contributed by atoms with Crippen molar-refractivity contribution in [1.82, 2.24) is 0 Å². The highest BCUT2D eigenvalue weighted by Crippen LogP contribution is 2.24. The lowest BCUT2D eigenvalue weighted by Gasteiger charge is -2.12. The lowest BCUT2D eigenvalue weighted by molar-refractivity contribution is -0.118. The summed E-state index contributed by atoms with van der Waals surface area (Å²) in [7, 11) is 0. The van der Waals surface area contributed by atoms with Crippen LogP contribution in [0.5, 0.6) is 5.75 Å². The molecule has 28 heavy (non-hydrogen) atoms. The number of nitrogens with one attached hydrogen (secondary N) is 2. The second-order valence-electron chi connectivity index (χ2n) is 5.75. The van der Waals surface area contributed by atoms with Crippen molar-refractivity contribution in [2.45, 2.75) is 0 Å². The molecule has 0 aromatic heterocycles. The summed E-state index contributed by atoms with van der Waals surface area (Å²) in [6.45, 7) is -0.384. The van der Waals surface area contributed by atoms with Gasteiger partial charge in [0, 0.05) is 0 Å². The van der Waals surface area contributed by atoms with Crippen LogP contribution in [-0.2, 0) is 4.79 Å². The van der Waals surface area contributed by atoms with Gasteiger partial charge in [-0.1, -0.05) is 48.0 Å². The zero-order valence-electron chi connectivity index (χ0n) is 14.6. The van der Waals surface area contributed by atoms with Gasteiger partial charge in [-0.05, 0) is 36.4 Å². The minimum atomic E-state index is -0.550. The fraction of sp³-hybridized carbons (Fsp3) is 0.0476. The molecule has 0 heterocycles. The van der Waals surface area contributed by atoms with Crippen molar-refractivity contribution in [2.24, 2.45) is 0 Å². The Morgan fingerprint density at radius 2 is 1.50 bits per heavy atom. The highest BCUT2D eigenvalue weighted by Gasteiger charge is 2.15. The molecule has 0 aliphatic carbocycles. The van der Waals surface area contributed by atoms with Crippen molar-refractivity contribution in [1.29, 1.82) is 0 Å². The highest BCUT2D eigenvalue weighted by molar-refractivity contribution is 6.33. The van der Waals surface area contributed by atoms with Crippen LogP contribution in [0.2, 0.25) is 5.02 Å². The number of hydrogen-bond acceptors (Lipinski definition) is 3. The zero-order chi connectivity index (χ0) is 19.9. The van der Waals surface area contributed by atoms with Crippen LogP contribution >= 0.6 is 11.6 Å². The van der Waals surface area contributed by atoms with Crippen LogP contribution in [0.1, 0.15) is 10.4 Å². The summed E-state index contributed by atoms with van der Waals surface area (Å²) >= 11 is 6.06. The maximum absolute atomic E-state index is 13.6. The molecule has 3 aromatic rings. The minimum absolute atomic E-state index is 0.0563. The van der Waals surface area contributed by atoms with E-state index in [0.717, 1.165) is 0 Å². The van der Waals surface area contributed by atoms with Gasteiger partial charge in [0.25, 0.3) is 11.8 Å². The Morgan fingerprint density at radius 3 is 2.25 bits per heavy atom. The predicted octanol–water partition coefficient (Wildman–Crippen LogP) is 4.75. The van der Waals surface area contributed by atoms with Crippen LogP contribution in [0.25, 0.3) is 0 Å². The number of benzene rings is 3. The summed E-state index contributed by atoms with van der Waals surface area (Å²) in [5.41, 5.74) is 0.753. The summed E-state index contributed by atoms with van der Waals surface area (Å²) in [5.74, 6) is -1.31. The van der Waals surface area contributed by atoms with E-state index in [9.17, 15) is 14.0 Å². The molecule has 0 unspecified atom stereocenters. The molecule has 0 atom stereocenters. The Morgan fingerprint density at radius 1 is 0.857 bits per heavy atom. The van der Waals surface area contributed by atoms with Crippen LogP contribution in [0, 0.1) is 5.82 Å². The largest absolute Gasteiger partial charge is 0.483 e. The smallest absolute Gasteiger partial charge is 0.262 e. The Labute approximate surface area is 166 Å².